The Bertz CT molecular complexity index is 1310. The van der Waals surface area contributed by atoms with Crippen molar-refractivity contribution >= 4 is 5.91 Å². The van der Waals surface area contributed by atoms with Crippen molar-refractivity contribution in [2.24, 2.45) is 0 Å². The van der Waals surface area contributed by atoms with Gasteiger partial charge in [-0.25, -0.2) is 0 Å². The number of aromatic amines is 1. The van der Waals surface area contributed by atoms with Gasteiger partial charge in [0.15, 0.2) is 0 Å². The number of H-pyrrole nitrogens is 1. The lowest BCUT2D eigenvalue weighted by Crippen LogP contribution is -2.27. The summed E-state index contributed by atoms with van der Waals surface area (Å²) in [4.78, 5) is 12.7. The van der Waals surface area contributed by atoms with E-state index in [-0.39, 0.29) is 11.9 Å². The van der Waals surface area contributed by atoms with Crippen LogP contribution in [0.1, 0.15) is 39.5 Å². The second-order valence-corrected chi connectivity index (χ2v) is 8.09. The van der Waals surface area contributed by atoms with Crippen LogP contribution in [0.15, 0.2) is 78.9 Å². The number of benzene rings is 3. The average molecular weight is 447 g/mol. The van der Waals surface area contributed by atoms with Gasteiger partial charge in [0.25, 0.3) is 5.91 Å². The molecular weight excluding hydrogens is 427 g/mol. The van der Waals surface area contributed by atoms with Gasteiger partial charge in [0, 0.05) is 11.1 Å². The second kappa shape index (κ2) is 8.24. The third-order valence-corrected chi connectivity index (χ3v) is 5.96. The van der Waals surface area contributed by atoms with Gasteiger partial charge in [-0.15, -0.1) is 0 Å². The lowest BCUT2D eigenvalue weighted by molar-refractivity contribution is -0.137. The Morgan fingerprint density at radius 1 is 0.939 bits per heavy atom. The van der Waals surface area contributed by atoms with Gasteiger partial charge in [0.1, 0.15) is 0 Å². The number of carbonyl (C=O) groups is 1. The summed E-state index contributed by atoms with van der Waals surface area (Å²) in [5.74, 6) is -0.141. The molecule has 0 aliphatic heterocycles. The summed E-state index contributed by atoms with van der Waals surface area (Å²) in [6.45, 7) is 0. The number of amides is 1. The van der Waals surface area contributed by atoms with Crippen LogP contribution in [-0.4, -0.2) is 16.1 Å². The summed E-state index contributed by atoms with van der Waals surface area (Å²) in [5.41, 5.74) is 4.49. The zero-order chi connectivity index (χ0) is 23.0. The summed E-state index contributed by atoms with van der Waals surface area (Å²) in [5, 5.41) is 10.1. The lowest BCUT2D eigenvalue weighted by Gasteiger charge is -2.14. The van der Waals surface area contributed by atoms with E-state index in [1.165, 1.54) is 17.2 Å². The highest BCUT2D eigenvalue weighted by atomic mass is 19.4. The van der Waals surface area contributed by atoms with Crippen molar-refractivity contribution in [3.63, 3.8) is 0 Å². The molecule has 4 nitrogen and oxygen atoms in total. The minimum absolute atomic E-state index is 0.0102. The zero-order valence-corrected chi connectivity index (χ0v) is 17.5. The summed E-state index contributed by atoms with van der Waals surface area (Å²) in [6, 6.07) is 22.0. The van der Waals surface area contributed by atoms with E-state index in [0.29, 0.717) is 22.5 Å². The maximum Gasteiger partial charge on any atom is 0.416 e. The first-order chi connectivity index (χ1) is 15.9. The topological polar surface area (TPSA) is 57.8 Å². The molecule has 0 fully saturated rings. The van der Waals surface area contributed by atoms with E-state index in [4.69, 9.17) is 0 Å². The Balaban J connectivity index is 1.31. The molecule has 33 heavy (non-hydrogen) atoms. The molecule has 1 heterocycles. The zero-order valence-electron chi connectivity index (χ0n) is 17.5. The van der Waals surface area contributed by atoms with E-state index in [0.717, 1.165) is 30.5 Å². The Morgan fingerprint density at radius 3 is 2.52 bits per heavy atom. The second-order valence-electron chi connectivity index (χ2n) is 8.09. The summed E-state index contributed by atoms with van der Waals surface area (Å²) in [6.07, 6.45) is -2.57. The van der Waals surface area contributed by atoms with Gasteiger partial charge in [-0.05, 0) is 59.9 Å². The number of carbonyl (C=O) groups excluding carboxylic acids is 1. The van der Waals surface area contributed by atoms with Gasteiger partial charge >= 0.3 is 6.18 Å². The van der Waals surface area contributed by atoms with Crippen molar-refractivity contribution in [1.29, 1.82) is 0 Å². The molecule has 0 saturated heterocycles. The first-order valence-electron chi connectivity index (χ1n) is 10.6. The Morgan fingerprint density at radius 2 is 1.73 bits per heavy atom. The van der Waals surface area contributed by atoms with Gasteiger partial charge in [-0.2, -0.15) is 18.3 Å². The van der Waals surface area contributed by atoms with E-state index in [1.807, 2.05) is 12.1 Å². The Labute approximate surface area is 188 Å². The summed E-state index contributed by atoms with van der Waals surface area (Å²) in [7, 11) is 0. The van der Waals surface area contributed by atoms with Gasteiger partial charge in [0.05, 0.1) is 23.0 Å². The molecule has 7 heteroatoms. The molecule has 0 saturated carbocycles. The number of nitrogens with zero attached hydrogens (tertiary/aromatic N) is 1. The average Bonchev–Trinajstić information content (AvgIpc) is 3.47. The van der Waals surface area contributed by atoms with Crippen molar-refractivity contribution in [2.75, 3.05) is 0 Å². The normalized spacial score (nSPS) is 15.3. The Hall–Kier alpha value is -3.87. The number of hydrogen-bond donors (Lipinski definition) is 2. The molecule has 5 rings (SSSR count). The third kappa shape index (κ3) is 4.26. The quantitative estimate of drug-likeness (QED) is 0.393. The number of hydrogen-bond acceptors (Lipinski definition) is 2. The molecule has 166 valence electrons. The molecule has 1 aromatic heterocycles. The minimum atomic E-state index is -4.41. The third-order valence-electron chi connectivity index (χ3n) is 5.96. The standard InChI is InChI=1S/C26H20F3N3O/c27-26(28,29)20-6-3-5-19(14-20)24-15-23(31-32-24)17-8-10-18(11-9-17)25(33)30-22-13-12-16-4-1-2-7-21(16)22/h1-11,14-15,22H,12-13H2,(H,30,33)(H,31,32)/t22-/m1/s1. The van der Waals surface area contributed by atoms with Gasteiger partial charge in [-0.1, -0.05) is 48.5 Å². The molecule has 0 spiro atoms. The van der Waals surface area contributed by atoms with Crippen LogP contribution in [0.25, 0.3) is 22.5 Å². The van der Waals surface area contributed by atoms with E-state index in [2.05, 4.69) is 27.6 Å². The van der Waals surface area contributed by atoms with Crippen molar-refractivity contribution in [3.8, 4) is 22.5 Å². The van der Waals surface area contributed by atoms with Crippen LogP contribution in [0.3, 0.4) is 0 Å². The molecule has 0 unspecified atom stereocenters. The maximum absolute atomic E-state index is 13.0. The monoisotopic (exact) mass is 447 g/mol. The molecule has 0 bridgehead atoms. The van der Waals surface area contributed by atoms with E-state index < -0.39 is 11.7 Å². The predicted octanol–water partition coefficient (Wildman–Crippen LogP) is 6.18. The molecule has 2 N–H and O–H groups in total. The van der Waals surface area contributed by atoms with Crippen LogP contribution in [0.4, 0.5) is 13.2 Å². The number of alkyl halides is 3. The fourth-order valence-electron chi connectivity index (χ4n) is 4.22. The minimum Gasteiger partial charge on any atom is -0.345 e. The Kier molecular flexibility index (Phi) is 5.24. The number of halogens is 3. The molecule has 4 aromatic rings. The first-order valence-corrected chi connectivity index (χ1v) is 10.6. The maximum atomic E-state index is 13.0. The van der Waals surface area contributed by atoms with Crippen LogP contribution in [-0.2, 0) is 12.6 Å². The molecule has 0 radical (unpaired) electrons. The fourth-order valence-corrected chi connectivity index (χ4v) is 4.22. The number of aryl methyl sites for hydroxylation is 1. The highest BCUT2D eigenvalue weighted by Gasteiger charge is 2.30. The summed E-state index contributed by atoms with van der Waals surface area (Å²) < 4.78 is 39.0. The summed E-state index contributed by atoms with van der Waals surface area (Å²) >= 11 is 0. The molecule has 1 aliphatic carbocycles. The van der Waals surface area contributed by atoms with E-state index >= 15 is 0 Å². The SMILES string of the molecule is O=C(N[C@@H]1CCc2ccccc21)c1ccc(-c2cc(-c3cccc(C(F)(F)F)c3)n[nH]2)cc1. The number of nitrogens with one attached hydrogen (secondary N) is 2. The van der Waals surface area contributed by atoms with E-state index in [1.54, 1.807) is 36.4 Å². The van der Waals surface area contributed by atoms with Gasteiger partial charge < -0.3 is 5.32 Å². The van der Waals surface area contributed by atoms with Crippen molar-refractivity contribution in [1.82, 2.24) is 15.5 Å². The molecule has 1 amide bonds. The van der Waals surface area contributed by atoms with Crippen LogP contribution in [0, 0.1) is 0 Å². The molecule has 1 atom stereocenters. The number of fused-ring (bicyclic) bond motifs is 1. The van der Waals surface area contributed by atoms with E-state index in [9.17, 15) is 18.0 Å². The highest BCUT2D eigenvalue weighted by molar-refractivity contribution is 5.95. The lowest BCUT2D eigenvalue weighted by atomic mass is 10.0. The van der Waals surface area contributed by atoms with Crippen molar-refractivity contribution < 1.29 is 18.0 Å². The van der Waals surface area contributed by atoms with Crippen LogP contribution < -0.4 is 5.32 Å². The number of aromatic nitrogens is 2. The highest BCUT2D eigenvalue weighted by Crippen LogP contribution is 2.33. The van der Waals surface area contributed by atoms with Crippen molar-refractivity contribution in [3.05, 3.63) is 101 Å². The molecular formula is C26H20F3N3O. The predicted molar refractivity (Wildman–Crippen MR) is 119 cm³/mol. The van der Waals surface area contributed by atoms with Crippen molar-refractivity contribution in [2.45, 2.75) is 25.1 Å². The molecule has 3 aromatic carbocycles. The van der Waals surface area contributed by atoms with Crippen LogP contribution in [0.2, 0.25) is 0 Å². The van der Waals surface area contributed by atoms with Gasteiger partial charge in [-0.3, -0.25) is 9.89 Å². The largest absolute Gasteiger partial charge is 0.416 e. The molecule has 1 aliphatic rings. The number of rotatable bonds is 4. The van der Waals surface area contributed by atoms with Crippen LogP contribution in [0.5, 0.6) is 0 Å². The van der Waals surface area contributed by atoms with Crippen LogP contribution >= 0.6 is 0 Å². The first kappa shape index (κ1) is 21.0. The smallest absolute Gasteiger partial charge is 0.345 e. The van der Waals surface area contributed by atoms with Gasteiger partial charge in [0.2, 0.25) is 0 Å². The fraction of sp³-hybridized carbons (Fsp3) is 0.154.